The zero-order valence-electron chi connectivity index (χ0n) is 16.0. The lowest BCUT2D eigenvalue weighted by Crippen LogP contribution is -2.60. The Labute approximate surface area is 159 Å². The molecule has 2 spiro atoms. The predicted octanol–water partition coefficient (Wildman–Crippen LogP) is 3.36. The highest BCUT2D eigenvalue weighted by atomic mass is 16.6. The van der Waals surface area contributed by atoms with Gasteiger partial charge in [0.2, 0.25) is 0 Å². The largest absolute Gasteiger partial charge is 0.458 e. The van der Waals surface area contributed by atoms with Crippen molar-refractivity contribution >= 4 is 11.8 Å². The Balaban J connectivity index is 1.37. The molecule has 0 radical (unpaired) electrons. The molecule has 5 aliphatic carbocycles. The summed E-state index contributed by atoms with van der Waals surface area (Å²) in [6, 6.07) is 0. The molecular weight excluding hydrogens is 340 g/mol. The van der Waals surface area contributed by atoms with Crippen molar-refractivity contribution in [3.63, 3.8) is 0 Å². The van der Waals surface area contributed by atoms with Crippen molar-refractivity contribution in [3.05, 3.63) is 23.8 Å². The molecule has 6 fully saturated rings. The van der Waals surface area contributed by atoms with Crippen molar-refractivity contribution in [2.75, 3.05) is 0 Å². The van der Waals surface area contributed by atoms with Gasteiger partial charge in [0, 0.05) is 17.3 Å². The van der Waals surface area contributed by atoms with Gasteiger partial charge in [-0.05, 0) is 74.9 Å². The van der Waals surface area contributed by atoms with Crippen molar-refractivity contribution in [3.8, 4) is 0 Å². The van der Waals surface area contributed by atoms with Crippen LogP contribution in [-0.2, 0) is 19.1 Å². The number of epoxide rings is 1. The van der Waals surface area contributed by atoms with Crippen molar-refractivity contribution in [2.45, 2.75) is 69.7 Å². The number of hydrogen-bond acceptors (Lipinski definition) is 4. The van der Waals surface area contributed by atoms with E-state index in [1.54, 1.807) is 6.08 Å². The lowest BCUT2D eigenvalue weighted by molar-refractivity contribution is -0.164. The van der Waals surface area contributed by atoms with Crippen LogP contribution in [0.25, 0.3) is 0 Å². The summed E-state index contributed by atoms with van der Waals surface area (Å²) in [6.07, 6.45) is 11.9. The molecule has 4 nitrogen and oxygen atoms in total. The van der Waals surface area contributed by atoms with E-state index >= 15 is 0 Å². The molecule has 2 heterocycles. The standard InChI is InChI=1S/C23H26O4/c1-20-6-3-12(24)9-16(20)13-10-14(13)19-15-4-7-22(8-5-18(25)27-22)21(15,2)11-17-23(19,20)26-17/h3,6,9,13-15,17,19H,4-5,7-8,10-11H2,1-2H3/t13-,14+,15+,17-,19+,20+,21?,22-,23?/m1/s1. The van der Waals surface area contributed by atoms with Crippen LogP contribution in [-0.4, -0.2) is 29.1 Å². The predicted molar refractivity (Wildman–Crippen MR) is 96.5 cm³/mol. The van der Waals surface area contributed by atoms with E-state index < -0.39 is 0 Å². The monoisotopic (exact) mass is 366 g/mol. The second-order valence-electron chi connectivity index (χ2n) is 10.7. The van der Waals surface area contributed by atoms with Gasteiger partial charge in [0.25, 0.3) is 0 Å². The second-order valence-corrected chi connectivity index (χ2v) is 10.7. The first-order chi connectivity index (χ1) is 12.8. The minimum Gasteiger partial charge on any atom is -0.458 e. The maximum atomic E-state index is 12.1. The SMILES string of the molecule is CC12C[C@H]3OC34[C@@H]([C@H]3C[C@H]3C3=CC(=O)C=C[C@@]34C)[C@@H]1CC[C@@]21CCC(=O)O1. The van der Waals surface area contributed by atoms with Crippen molar-refractivity contribution < 1.29 is 19.1 Å². The molecule has 0 N–H and O–H groups in total. The molecule has 0 aromatic carbocycles. The van der Waals surface area contributed by atoms with Gasteiger partial charge in [0.05, 0.1) is 6.10 Å². The van der Waals surface area contributed by atoms with Crippen molar-refractivity contribution in [1.29, 1.82) is 0 Å². The maximum Gasteiger partial charge on any atom is 0.306 e. The number of rotatable bonds is 0. The van der Waals surface area contributed by atoms with Gasteiger partial charge in [0.1, 0.15) is 11.2 Å². The van der Waals surface area contributed by atoms with Crippen LogP contribution < -0.4 is 0 Å². The highest BCUT2D eigenvalue weighted by molar-refractivity contribution is 6.01. The highest BCUT2D eigenvalue weighted by Gasteiger charge is 2.85. The molecule has 7 rings (SSSR count). The first-order valence-corrected chi connectivity index (χ1v) is 10.7. The van der Waals surface area contributed by atoms with E-state index in [-0.39, 0.29) is 39.9 Å². The third-order valence-electron chi connectivity index (χ3n) is 10.0. The van der Waals surface area contributed by atoms with Crippen molar-refractivity contribution in [1.82, 2.24) is 0 Å². The number of ether oxygens (including phenoxy) is 2. The Kier molecular flexibility index (Phi) is 2.37. The Bertz CT molecular complexity index is 887. The molecule has 142 valence electrons. The molecule has 0 amide bonds. The summed E-state index contributed by atoms with van der Waals surface area (Å²) < 4.78 is 12.7. The van der Waals surface area contributed by atoms with E-state index in [1.807, 2.05) is 6.08 Å². The molecule has 0 aromatic rings. The van der Waals surface area contributed by atoms with E-state index in [2.05, 4.69) is 19.9 Å². The van der Waals surface area contributed by atoms with Crippen LogP contribution in [0.1, 0.15) is 52.4 Å². The Morgan fingerprint density at radius 2 is 2.04 bits per heavy atom. The summed E-state index contributed by atoms with van der Waals surface area (Å²) >= 11 is 0. The average molecular weight is 366 g/mol. The van der Waals surface area contributed by atoms with Crippen LogP contribution in [0, 0.1) is 34.5 Å². The second kappa shape index (κ2) is 4.12. The molecule has 2 saturated heterocycles. The van der Waals surface area contributed by atoms with Gasteiger partial charge < -0.3 is 9.47 Å². The zero-order valence-corrected chi connectivity index (χ0v) is 16.0. The molecule has 0 aromatic heterocycles. The van der Waals surface area contributed by atoms with Gasteiger partial charge in [-0.15, -0.1) is 0 Å². The minimum atomic E-state index is -0.257. The number of carbonyl (C=O) groups is 2. The molecule has 9 atom stereocenters. The van der Waals surface area contributed by atoms with Gasteiger partial charge in [-0.1, -0.05) is 18.6 Å². The van der Waals surface area contributed by atoms with Gasteiger partial charge in [-0.25, -0.2) is 0 Å². The van der Waals surface area contributed by atoms with Crippen LogP contribution in [0.4, 0.5) is 0 Å². The van der Waals surface area contributed by atoms with Crippen LogP contribution in [0.2, 0.25) is 0 Å². The van der Waals surface area contributed by atoms with E-state index in [0.29, 0.717) is 30.1 Å². The number of ketones is 1. The molecule has 2 aliphatic heterocycles. The number of fused-ring (bicyclic) bond motifs is 7. The third kappa shape index (κ3) is 1.43. The number of carbonyl (C=O) groups excluding carboxylic acids is 2. The topological polar surface area (TPSA) is 55.9 Å². The Morgan fingerprint density at radius 1 is 1.19 bits per heavy atom. The molecule has 4 saturated carbocycles. The summed E-state index contributed by atoms with van der Waals surface area (Å²) in [7, 11) is 0. The number of esters is 1. The van der Waals surface area contributed by atoms with Crippen molar-refractivity contribution in [2.24, 2.45) is 34.5 Å². The van der Waals surface area contributed by atoms with Gasteiger partial charge in [-0.2, -0.15) is 0 Å². The fourth-order valence-corrected chi connectivity index (χ4v) is 8.75. The summed E-state index contributed by atoms with van der Waals surface area (Å²) in [5.41, 5.74) is 0.839. The maximum absolute atomic E-state index is 12.1. The number of allylic oxidation sites excluding steroid dienone is 2. The van der Waals surface area contributed by atoms with Gasteiger partial charge in [-0.3, -0.25) is 9.59 Å². The molecule has 7 aliphatic rings. The fraction of sp³-hybridized carbons (Fsp3) is 0.739. The minimum absolute atomic E-state index is 0.00993. The van der Waals surface area contributed by atoms with Gasteiger partial charge in [0.15, 0.2) is 5.78 Å². The van der Waals surface area contributed by atoms with E-state index in [9.17, 15) is 9.59 Å². The van der Waals surface area contributed by atoms with Crippen LogP contribution in [0.3, 0.4) is 0 Å². The fourth-order valence-electron chi connectivity index (χ4n) is 8.75. The van der Waals surface area contributed by atoms with Crippen LogP contribution >= 0.6 is 0 Å². The summed E-state index contributed by atoms with van der Waals surface area (Å²) in [4.78, 5) is 24.1. The molecule has 27 heavy (non-hydrogen) atoms. The number of hydrogen-bond donors (Lipinski definition) is 0. The zero-order chi connectivity index (χ0) is 18.4. The van der Waals surface area contributed by atoms with Crippen LogP contribution in [0.5, 0.6) is 0 Å². The van der Waals surface area contributed by atoms with E-state index in [4.69, 9.17) is 9.47 Å². The lowest BCUT2D eigenvalue weighted by Gasteiger charge is -2.55. The first kappa shape index (κ1) is 15.5. The smallest absolute Gasteiger partial charge is 0.306 e. The quantitative estimate of drug-likeness (QED) is 0.487. The Morgan fingerprint density at radius 3 is 2.81 bits per heavy atom. The summed E-state index contributed by atoms with van der Waals surface area (Å²) in [5, 5.41) is 0. The van der Waals surface area contributed by atoms with Crippen LogP contribution in [0.15, 0.2) is 23.8 Å². The average Bonchev–Trinajstić information content (AvgIpc) is 3.49. The normalized spacial score (nSPS) is 61.4. The first-order valence-electron chi connectivity index (χ1n) is 10.7. The molecule has 0 bridgehead atoms. The summed E-state index contributed by atoms with van der Waals surface area (Å²) in [5.74, 6) is 2.41. The highest BCUT2D eigenvalue weighted by Crippen LogP contribution is 2.82. The third-order valence-corrected chi connectivity index (χ3v) is 10.0. The van der Waals surface area contributed by atoms with E-state index in [0.717, 1.165) is 25.7 Å². The molecular formula is C23H26O4. The van der Waals surface area contributed by atoms with Gasteiger partial charge >= 0.3 is 5.97 Å². The Hall–Kier alpha value is -1.42. The molecule has 2 unspecified atom stereocenters. The van der Waals surface area contributed by atoms with E-state index in [1.165, 1.54) is 12.0 Å². The lowest BCUT2D eigenvalue weighted by atomic mass is 9.47. The summed E-state index contributed by atoms with van der Waals surface area (Å²) in [6.45, 7) is 4.70. The molecule has 4 heteroatoms.